The minimum Gasteiger partial charge on any atom is -0.385 e. The van der Waals surface area contributed by atoms with Crippen molar-refractivity contribution in [2.24, 2.45) is 0 Å². The van der Waals surface area contributed by atoms with Crippen LogP contribution in [0.4, 0.5) is 17.1 Å². The predicted octanol–water partition coefficient (Wildman–Crippen LogP) is 3.05. The van der Waals surface area contributed by atoms with Gasteiger partial charge in [0.15, 0.2) is 0 Å². The highest BCUT2D eigenvalue weighted by Crippen LogP contribution is 2.24. The third-order valence-corrected chi connectivity index (χ3v) is 5.08. The van der Waals surface area contributed by atoms with E-state index in [1.807, 2.05) is 30.3 Å². The topological polar surface area (TPSA) is 95.8 Å². The van der Waals surface area contributed by atoms with Gasteiger partial charge in [0.25, 0.3) is 5.69 Å². The molecule has 0 aromatic heterocycles. The molecule has 1 saturated heterocycles. The summed E-state index contributed by atoms with van der Waals surface area (Å²) in [6.45, 7) is 1.17. The second kappa shape index (κ2) is 9.18. The first-order chi connectivity index (χ1) is 14.0. The first kappa shape index (κ1) is 20.3. The van der Waals surface area contributed by atoms with Gasteiger partial charge in [0.1, 0.15) is 6.04 Å². The molecule has 1 fully saturated rings. The summed E-state index contributed by atoms with van der Waals surface area (Å²) < 4.78 is 0. The van der Waals surface area contributed by atoms with Crippen LogP contribution in [0.1, 0.15) is 19.3 Å². The number of amides is 2. The lowest BCUT2D eigenvalue weighted by molar-refractivity contribution is -0.384. The molecule has 1 unspecified atom stereocenters. The highest BCUT2D eigenvalue weighted by molar-refractivity contribution is 6.01. The number of carbonyl (C=O) groups excluding carboxylic acids is 2. The van der Waals surface area contributed by atoms with E-state index in [1.54, 1.807) is 29.0 Å². The lowest BCUT2D eigenvalue weighted by Crippen LogP contribution is -2.43. The van der Waals surface area contributed by atoms with Crippen molar-refractivity contribution in [1.82, 2.24) is 4.90 Å². The number of nitrogens with one attached hydrogen (secondary N) is 1. The quantitative estimate of drug-likeness (QED) is 0.420. The summed E-state index contributed by atoms with van der Waals surface area (Å²) in [6.07, 6.45) is 1.55. The number of anilines is 2. The van der Waals surface area contributed by atoms with E-state index in [1.165, 1.54) is 12.1 Å². The fourth-order valence-corrected chi connectivity index (χ4v) is 3.41. The highest BCUT2D eigenvalue weighted by Gasteiger charge is 2.36. The zero-order chi connectivity index (χ0) is 20.8. The zero-order valence-electron chi connectivity index (χ0n) is 16.3. The van der Waals surface area contributed by atoms with Gasteiger partial charge in [-0.25, -0.2) is 0 Å². The smallest absolute Gasteiger partial charge is 0.269 e. The number of carbonyl (C=O) groups is 2. The summed E-state index contributed by atoms with van der Waals surface area (Å²) in [4.78, 5) is 38.7. The monoisotopic (exact) mass is 396 g/mol. The van der Waals surface area contributed by atoms with Crippen molar-refractivity contribution in [1.29, 1.82) is 0 Å². The Hall–Kier alpha value is -3.42. The van der Waals surface area contributed by atoms with E-state index in [0.717, 1.165) is 11.4 Å². The average Bonchev–Trinajstić information content (AvgIpc) is 3.12. The van der Waals surface area contributed by atoms with Crippen LogP contribution >= 0.6 is 0 Å². The lowest BCUT2D eigenvalue weighted by atomic mass is 10.2. The van der Waals surface area contributed by atoms with Crippen molar-refractivity contribution < 1.29 is 14.5 Å². The third kappa shape index (κ3) is 4.90. The number of rotatable bonds is 8. The summed E-state index contributed by atoms with van der Waals surface area (Å²) in [7, 11) is 1.68. The van der Waals surface area contributed by atoms with Gasteiger partial charge < -0.3 is 15.1 Å². The van der Waals surface area contributed by atoms with Crippen LogP contribution in [-0.2, 0) is 9.59 Å². The summed E-state index contributed by atoms with van der Waals surface area (Å²) in [5.41, 5.74) is 1.66. The van der Waals surface area contributed by atoms with Gasteiger partial charge in [0.05, 0.1) is 4.92 Å². The van der Waals surface area contributed by atoms with Crippen molar-refractivity contribution in [3.63, 3.8) is 0 Å². The maximum Gasteiger partial charge on any atom is 0.269 e. The second-order valence-electron chi connectivity index (χ2n) is 6.97. The molecule has 2 aromatic rings. The largest absolute Gasteiger partial charge is 0.385 e. The van der Waals surface area contributed by atoms with E-state index in [2.05, 4.69) is 5.32 Å². The molecule has 0 spiro atoms. The molecule has 1 aliphatic rings. The Bertz CT molecular complexity index is 870. The molecule has 2 aromatic carbocycles. The number of hydrogen-bond acceptors (Lipinski definition) is 5. The maximum absolute atomic E-state index is 12.7. The molecule has 0 aliphatic carbocycles. The standard InChI is InChI=1S/C21H24N4O4/c1-23(19-13-15-24(21(19)27)17-6-3-2-4-7-17)20(26)8-5-14-22-16-9-11-18(12-10-16)25(28)29/h2-4,6-7,9-12,19,22H,5,8,13-15H2,1H3. The van der Waals surface area contributed by atoms with Gasteiger partial charge in [0.2, 0.25) is 11.8 Å². The molecular formula is C21H24N4O4. The first-order valence-corrected chi connectivity index (χ1v) is 9.58. The van der Waals surface area contributed by atoms with E-state index in [9.17, 15) is 19.7 Å². The van der Waals surface area contributed by atoms with E-state index < -0.39 is 11.0 Å². The third-order valence-electron chi connectivity index (χ3n) is 5.08. The summed E-state index contributed by atoms with van der Waals surface area (Å²) in [5.74, 6) is -0.111. The Morgan fingerprint density at radius 2 is 1.90 bits per heavy atom. The van der Waals surface area contributed by atoms with Crippen LogP contribution in [0.25, 0.3) is 0 Å². The fourth-order valence-electron chi connectivity index (χ4n) is 3.41. The molecule has 1 aliphatic heterocycles. The molecule has 8 heteroatoms. The van der Waals surface area contributed by atoms with Crippen molar-refractivity contribution in [2.45, 2.75) is 25.3 Å². The molecule has 1 atom stereocenters. The van der Waals surface area contributed by atoms with Crippen molar-refractivity contribution >= 4 is 28.9 Å². The van der Waals surface area contributed by atoms with Gasteiger partial charge in [-0.05, 0) is 37.1 Å². The van der Waals surface area contributed by atoms with Gasteiger partial charge in [-0.2, -0.15) is 0 Å². The summed E-state index contributed by atoms with van der Waals surface area (Å²) in [5, 5.41) is 13.8. The number of nitro benzene ring substituents is 1. The van der Waals surface area contributed by atoms with Gasteiger partial charge in [-0.3, -0.25) is 19.7 Å². The molecule has 3 rings (SSSR count). The van der Waals surface area contributed by atoms with Gasteiger partial charge in [-0.1, -0.05) is 18.2 Å². The molecule has 0 radical (unpaired) electrons. The number of nitrogens with zero attached hydrogens (tertiary/aromatic N) is 3. The van der Waals surface area contributed by atoms with E-state index in [4.69, 9.17) is 0 Å². The van der Waals surface area contributed by atoms with Crippen LogP contribution in [0.15, 0.2) is 54.6 Å². The van der Waals surface area contributed by atoms with Crippen molar-refractivity contribution in [3.8, 4) is 0 Å². The Kier molecular flexibility index (Phi) is 6.43. The predicted molar refractivity (Wildman–Crippen MR) is 111 cm³/mol. The van der Waals surface area contributed by atoms with Crippen LogP contribution in [0.5, 0.6) is 0 Å². The van der Waals surface area contributed by atoms with Gasteiger partial charge >= 0.3 is 0 Å². The molecule has 2 amide bonds. The number of nitro groups is 1. The fraction of sp³-hybridized carbons (Fsp3) is 0.333. The van der Waals surface area contributed by atoms with Crippen LogP contribution in [0.3, 0.4) is 0 Å². The van der Waals surface area contributed by atoms with Gasteiger partial charge in [0, 0.05) is 50.1 Å². The van der Waals surface area contributed by atoms with E-state index in [0.29, 0.717) is 32.4 Å². The average molecular weight is 396 g/mol. The Labute approximate surface area is 169 Å². The molecule has 0 bridgehead atoms. The number of hydrogen-bond donors (Lipinski definition) is 1. The van der Waals surface area contributed by atoms with Crippen LogP contribution in [0.2, 0.25) is 0 Å². The van der Waals surface area contributed by atoms with Crippen LogP contribution in [0, 0.1) is 10.1 Å². The SMILES string of the molecule is CN(C(=O)CCCNc1ccc([N+](=O)[O-])cc1)C1CCN(c2ccccc2)C1=O. The molecular weight excluding hydrogens is 372 g/mol. The minimum atomic E-state index is -0.443. The maximum atomic E-state index is 12.7. The number of benzene rings is 2. The molecule has 0 saturated carbocycles. The van der Waals surface area contributed by atoms with Crippen molar-refractivity contribution in [3.05, 3.63) is 64.7 Å². The summed E-state index contributed by atoms with van der Waals surface area (Å²) >= 11 is 0. The minimum absolute atomic E-state index is 0.0399. The van der Waals surface area contributed by atoms with Crippen molar-refractivity contribution in [2.75, 3.05) is 30.4 Å². The highest BCUT2D eigenvalue weighted by atomic mass is 16.6. The number of non-ortho nitro benzene ring substituents is 1. The Morgan fingerprint density at radius 1 is 1.21 bits per heavy atom. The van der Waals surface area contributed by atoms with Gasteiger partial charge in [-0.15, -0.1) is 0 Å². The second-order valence-corrected chi connectivity index (χ2v) is 6.97. The van der Waals surface area contributed by atoms with E-state index >= 15 is 0 Å². The zero-order valence-corrected chi connectivity index (χ0v) is 16.3. The molecule has 152 valence electrons. The molecule has 29 heavy (non-hydrogen) atoms. The molecule has 1 heterocycles. The van der Waals surface area contributed by atoms with E-state index in [-0.39, 0.29) is 17.5 Å². The number of para-hydroxylation sites is 1. The summed E-state index contributed by atoms with van der Waals surface area (Å²) in [6, 6.07) is 15.2. The normalized spacial score (nSPS) is 16.0. The Balaban J connectivity index is 1.44. The van der Waals surface area contributed by atoms with Crippen LogP contribution in [-0.4, -0.2) is 47.8 Å². The Morgan fingerprint density at radius 3 is 2.55 bits per heavy atom. The molecule has 1 N–H and O–H groups in total. The lowest BCUT2D eigenvalue weighted by Gasteiger charge is -2.24. The van der Waals surface area contributed by atoms with Crippen LogP contribution < -0.4 is 10.2 Å². The molecule has 8 nitrogen and oxygen atoms in total. The first-order valence-electron chi connectivity index (χ1n) is 9.58. The number of likely N-dealkylation sites (N-methyl/N-ethyl adjacent to an activating group) is 1.